The van der Waals surface area contributed by atoms with Crippen LogP contribution in [0.4, 0.5) is 17.1 Å². The number of hydrogen-bond donors (Lipinski definition) is 1. The highest BCUT2D eigenvalue weighted by Crippen LogP contribution is 2.26. The Morgan fingerprint density at radius 3 is 2.50 bits per heavy atom. The monoisotopic (exact) mass is 297 g/mol. The highest BCUT2D eigenvalue weighted by molar-refractivity contribution is 6.16. The first-order valence-electron chi connectivity index (χ1n) is 6.52. The van der Waals surface area contributed by atoms with Crippen LogP contribution in [0.1, 0.15) is 0 Å². The maximum atomic E-state index is 11.0. The third-order valence-electron chi connectivity index (χ3n) is 2.78. The fourth-order valence-electron chi connectivity index (χ4n) is 1.74. The van der Waals surface area contributed by atoms with E-state index in [1.165, 1.54) is 23.5 Å². The van der Waals surface area contributed by atoms with E-state index in [4.69, 9.17) is 0 Å². The number of para-hydroxylation sites is 3. The lowest BCUT2D eigenvalue weighted by molar-refractivity contribution is -0.384. The van der Waals surface area contributed by atoms with Gasteiger partial charge >= 0.3 is 0 Å². The zero-order valence-electron chi connectivity index (χ0n) is 12.0. The molecule has 0 radical (unpaired) electrons. The van der Waals surface area contributed by atoms with Crippen LogP contribution in [0.3, 0.4) is 0 Å². The molecule has 0 aliphatic heterocycles. The minimum atomic E-state index is -0.438. The molecule has 0 saturated carbocycles. The molecular formula is C15H15N5O2. The highest BCUT2D eigenvalue weighted by atomic mass is 16.6. The van der Waals surface area contributed by atoms with Crippen LogP contribution in [0, 0.1) is 10.1 Å². The molecule has 2 aromatic carbocycles. The lowest BCUT2D eigenvalue weighted by Gasteiger charge is -2.11. The van der Waals surface area contributed by atoms with Crippen LogP contribution >= 0.6 is 0 Å². The minimum absolute atomic E-state index is 0.00139. The fraction of sp³-hybridized carbons (Fsp3) is 0.0667. The van der Waals surface area contributed by atoms with Crippen molar-refractivity contribution in [2.24, 2.45) is 10.2 Å². The van der Waals surface area contributed by atoms with E-state index in [2.05, 4.69) is 15.6 Å². The summed E-state index contributed by atoms with van der Waals surface area (Å²) in [5.41, 5.74) is 4.11. The van der Waals surface area contributed by atoms with Crippen LogP contribution in [-0.4, -0.2) is 24.4 Å². The number of benzene rings is 2. The predicted octanol–water partition coefficient (Wildman–Crippen LogP) is 3.11. The van der Waals surface area contributed by atoms with Gasteiger partial charge in [-0.1, -0.05) is 30.3 Å². The summed E-state index contributed by atoms with van der Waals surface area (Å²) in [6.07, 6.45) is 2.92. The number of hydrogen-bond acceptors (Lipinski definition) is 6. The van der Waals surface area contributed by atoms with Gasteiger partial charge in [0.15, 0.2) is 0 Å². The van der Waals surface area contributed by atoms with Crippen LogP contribution in [0.25, 0.3) is 0 Å². The Morgan fingerprint density at radius 1 is 1.09 bits per heavy atom. The van der Waals surface area contributed by atoms with Crippen LogP contribution < -0.4 is 10.4 Å². The molecule has 0 fully saturated rings. The molecule has 2 aromatic rings. The van der Waals surface area contributed by atoms with Crippen LogP contribution in [0.5, 0.6) is 0 Å². The molecule has 0 unspecified atom stereocenters. The summed E-state index contributed by atoms with van der Waals surface area (Å²) >= 11 is 0. The Labute approximate surface area is 127 Å². The first kappa shape index (κ1) is 15.2. The normalized spacial score (nSPS) is 11.0. The third-order valence-corrected chi connectivity index (χ3v) is 2.78. The van der Waals surface area contributed by atoms with Crippen LogP contribution in [-0.2, 0) is 0 Å². The number of hydrazone groups is 2. The molecule has 0 aliphatic carbocycles. The van der Waals surface area contributed by atoms with E-state index in [-0.39, 0.29) is 5.69 Å². The number of nitrogens with zero attached hydrogens (tertiary/aromatic N) is 4. The second-order valence-corrected chi connectivity index (χ2v) is 4.29. The molecule has 0 bridgehead atoms. The first-order chi connectivity index (χ1) is 10.7. The summed E-state index contributed by atoms with van der Waals surface area (Å²) in [4.78, 5) is 10.5. The molecule has 7 heteroatoms. The lowest BCUT2D eigenvalue weighted by Crippen LogP contribution is -2.11. The summed E-state index contributed by atoms with van der Waals surface area (Å²) in [5.74, 6) is 0. The van der Waals surface area contributed by atoms with Crippen molar-refractivity contribution in [3.63, 3.8) is 0 Å². The van der Waals surface area contributed by atoms with Crippen molar-refractivity contribution in [1.82, 2.24) is 0 Å². The Bertz CT molecular complexity index is 685. The van der Waals surface area contributed by atoms with Crippen molar-refractivity contribution < 1.29 is 4.92 Å². The van der Waals surface area contributed by atoms with Gasteiger partial charge < -0.3 is 0 Å². The minimum Gasteiger partial charge on any atom is -0.278 e. The standard InChI is InChI=1S/C15H15N5O2/c1-19(14-9-5-6-10-15(14)20(21)22)17-12-11-16-18-13-7-3-2-4-8-13/h2-12,18H,1H3. The Hall–Kier alpha value is -3.22. The van der Waals surface area contributed by atoms with Crippen molar-refractivity contribution in [2.75, 3.05) is 17.5 Å². The van der Waals surface area contributed by atoms with Crippen LogP contribution in [0.15, 0.2) is 64.8 Å². The number of nitro groups is 1. The molecule has 0 aliphatic rings. The van der Waals surface area contributed by atoms with Crippen LogP contribution in [0.2, 0.25) is 0 Å². The van der Waals surface area contributed by atoms with Crippen molar-refractivity contribution in [2.45, 2.75) is 0 Å². The summed E-state index contributed by atoms with van der Waals surface area (Å²) in [6, 6.07) is 15.9. The molecule has 7 nitrogen and oxygen atoms in total. The molecule has 0 atom stereocenters. The van der Waals surface area contributed by atoms with Crippen molar-refractivity contribution >= 4 is 29.5 Å². The largest absolute Gasteiger partial charge is 0.294 e. The number of nitro benzene ring substituents is 1. The lowest BCUT2D eigenvalue weighted by atomic mass is 10.2. The summed E-state index contributed by atoms with van der Waals surface area (Å²) in [7, 11) is 1.64. The highest BCUT2D eigenvalue weighted by Gasteiger charge is 2.14. The zero-order chi connectivity index (χ0) is 15.8. The Balaban J connectivity index is 1.97. The van der Waals surface area contributed by atoms with E-state index in [0.717, 1.165) is 5.69 Å². The summed E-state index contributed by atoms with van der Waals surface area (Å²) in [5, 5.41) is 20.4. The predicted molar refractivity (Wildman–Crippen MR) is 88.5 cm³/mol. The van der Waals surface area contributed by atoms with E-state index in [9.17, 15) is 10.1 Å². The Kier molecular flexibility index (Phi) is 5.20. The quantitative estimate of drug-likeness (QED) is 0.504. The molecular weight excluding hydrogens is 282 g/mol. The van der Waals surface area contributed by atoms with Gasteiger partial charge in [0.05, 0.1) is 23.0 Å². The van der Waals surface area contributed by atoms with Gasteiger partial charge in [0.2, 0.25) is 0 Å². The van der Waals surface area contributed by atoms with Gasteiger partial charge in [-0.2, -0.15) is 10.2 Å². The molecule has 0 saturated heterocycles. The van der Waals surface area contributed by atoms with Gasteiger partial charge in [0.25, 0.3) is 5.69 Å². The summed E-state index contributed by atoms with van der Waals surface area (Å²) < 4.78 is 0. The van der Waals surface area contributed by atoms with Gasteiger partial charge in [-0.3, -0.25) is 20.5 Å². The maximum absolute atomic E-state index is 11.0. The zero-order valence-corrected chi connectivity index (χ0v) is 12.0. The molecule has 22 heavy (non-hydrogen) atoms. The van der Waals surface area contributed by atoms with Gasteiger partial charge in [-0.25, -0.2) is 0 Å². The molecule has 0 aromatic heterocycles. The SMILES string of the molecule is CN(N=CC=NNc1ccccc1)c1ccccc1[N+](=O)[O-]. The van der Waals surface area contributed by atoms with Gasteiger partial charge in [0, 0.05) is 13.1 Å². The molecule has 0 amide bonds. The van der Waals surface area contributed by atoms with Gasteiger partial charge in [-0.15, -0.1) is 0 Å². The number of rotatable bonds is 6. The van der Waals surface area contributed by atoms with E-state index >= 15 is 0 Å². The Morgan fingerprint density at radius 2 is 1.77 bits per heavy atom. The van der Waals surface area contributed by atoms with E-state index < -0.39 is 4.92 Å². The average Bonchev–Trinajstić information content (AvgIpc) is 2.55. The molecule has 0 heterocycles. The van der Waals surface area contributed by atoms with E-state index in [1.807, 2.05) is 30.3 Å². The van der Waals surface area contributed by atoms with Gasteiger partial charge in [-0.05, 0) is 18.2 Å². The molecule has 2 rings (SSSR count). The molecule has 112 valence electrons. The van der Waals surface area contributed by atoms with Crippen molar-refractivity contribution in [3.05, 3.63) is 64.7 Å². The molecule has 0 spiro atoms. The first-order valence-corrected chi connectivity index (χ1v) is 6.52. The second kappa shape index (κ2) is 7.53. The average molecular weight is 297 g/mol. The van der Waals surface area contributed by atoms with E-state index in [0.29, 0.717) is 5.69 Å². The fourth-order valence-corrected chi connectivity index (χ4v) is 1.74. The van der Waals surface area contributed by atoms with Crippen molar-refractivity contribution in [1.29, 1.82) is 0 Å². The summed E-state index contributed by atoms with van der Waals surface area (Å²) in [6.45, 7) is 0. The van der Waals surface area contributed by atoms with Gasteiger partial charge in [0.1, 0.15) is 5.69 Å². The number of anilines is 2. The topological polar surface area (TPSA) is 83.1 Å². The van der Waals surface area contributed by atoms with Crippen molar-refractivity contribution in [3.8, 4) is 0 Å². The maximum Gasteiger partial charge on any atom is 0.294 e. The molecule has 1 N–H and O–H groups in total. The number of nitrogens with one attached hydrogen (secondary N) is 1. The smallest absolute Gasteiger partial charge is 0.278 e. The van der Waals surface area contributed by atoms with E-state index in [1.54, 1.807) is 25.2 Å². The third kappa shape index (κ3) is 4.14. The second-order valence-electron chi connectivity index (χ2n) is 4.29.